The van der Waals surface area contributed by atoms with E-state index in [0.29, 0.717) is 13.0 Å². The van der Waals surface area contributed by atoms with Crippen LogP contribution >= 0.6 is 0 Å². The number of rotatable bonds is 19. The van der Waals surface area contributed by atoms with Gasteiger partial charge in [-0.25, -0.2) is 8.42 Å². The second-order valence-electron chi connectivity index (χ2n) is 6.96. The van der Waals surface area contributed by atoms with Crippen molar-refractivity contribution in [3.05, 3.63) is 0 Å². The van der Waals surface area contributed by atoms with Gasteiger partial charge in [-0.2, -0.15) is 0 Å². The first kappa shape index (κ1) is 28.1. The van der Waals surface area contributed by atoms with Crippen LogP contribution in [0.1, 0.15) is 103 Å². The third kappa shape index (κ3) is 27.2. The van der Waals surface area contributed by atoms with Crippen molar-refractivity contribution < 1.29 is 42.5 Å². The Labute approximate surface area is 179 Å². The summed E-state index contributed by atoms with van der Waals surface area (Å²) >= 11 is 0. The predicted molar refractivity (Wildman–Crippen MR) is 102 cm³/mol. The quantitative estimate of drug-likeness (QED) is 0.210. The smallest absolute Gasteiger partial charge is 0.748 e. The van der Waals surface area contributed by atoms with Gasteiger partial charge in [-0.15, -0.1) is 0 Å². The van der Waals surface area contributed by atoms with Crippen molar-refractivity contribution in [2.24, 2.45) is 0 Å². The topological polar surface area (TPSA) is 69.2 Å². The summed E-state index contributed by atoms with van der Waals surface area (Å²) in [5.41, 5.74) is 0. The van der Waals surface area contributed by atoms with Crippen molar-refractivity contribution >= 4 is 10.1 Å². The molecule has 6 heteroatoms. The molecule has 0 aliphatic rings. The molecule has 0 heterocycles. The summed E-state index contributed by atoms with van der Waals surface area (Å²) < 4.78 is 31.3. The van der Waals surface area contributed by atoms with Gasteiger partial charge in [0.15, 0.2) is 0 Å². The molecule has 0 radical (unpaired) electrons. The summed E-state index contributed by atoms with van der Waals surface area (Å²) in [7, 11) is -4.04. The second kappa shape index (κ2) is 21.2. The predicted octanol–water partition coefficient (Wildman–Crippen LogP) is 2.00. The Hall–Kier alpha value is 0.870. The molecule has 146 valence electrons. The first-order valence-electron chi connectivity index (χ1n) is 10.2. The van der Waals surface area contributed by atoms with E-state index < -0.39 is 10.1 Å². The van der Waals surface area contributed by atoms with E-state index in [4.69, 9.17) is 0 Å². The first-order chi connectivity index (χ1) is 11.6. The summed E-state index contributed by atoms with van der Waals surface area (Å²) in [5, 5.41) is 3.20. The Morgan fingerprint density at radius 3 is 1.40 bits per heavy atom. The molecular formula is C19H40NNaO3S. The SMILES string of the molecule is CCCCCCCCCCCCCCCCNCCCS(=O)(=O)[O-].[Na+]. The van der Waals surface area contributed by atoms with E-state index in [1.165, 1.54) is 83.5 Å². The van der Waals surface area contributed by atoms with Crippen molar-refractivity contribution in [3.63, 3.8) is 0 Å². The van der Waals surface area contributed by atoms with Gasteiger partial charge in [0.2, 0.25) is 0 Å². The molecule has 0 saturated carbocycles. The molecule has 0 fully saturated rings. The van der Waals surface area contributed by atoms with Crippen LogP contribution in [-0.4, -0.2) is 31.8 Å². The number of unbranched alkanes of at least 4 members (excludes halogenated alkanes) is 13. The van der Waals surface area contributed by atoms with E-state index in [1.807, 2.05) is 0 Å². The van der Waals surface area contributed by atoms with Crippen molar-refractivity contribution in [2.75, 3.05) is 18.8 Å². The molecule has 0 unspecified atom stereocenters. The van der Waals surface area contributed by atoms with Gasteiger partial charge in [0, 0.05) is 5.75 Å². The fourth-order valence-electron chi connectivity index (χ4n) is 2.94. The molecule has 25 heavy (non-hydrogen) atoms. The normalized spacial score (nSPS) is 11.4. The molecule has 0 aromatic rings. The van der Waals surface area contributed by atoms with Gasteiger partial charge in [-0.3, -0.25) is 0 Å². The Bertz CT molecular complexity index is 351. The van der Waals surface area contributed by atoms with Crippen LogP contribution in [0.3, 0.4) is 0 Å². The Balaban J connectivity index is 0. The minimum atomic E-state index is -4.04. The molecule has 0 amide bonds. The minimum Gasteiger partial charge on any atom is -0.748 e. The Morgan fingerprint density at radius 1 is 0.640 bits per heavy atom. The molecule has 4 nitrogen and oxygen atoms in total. The van der Waals surface area contributed by atoms with Crippen LogP contribution in [0, 0.1) is 0 Å². The second-order valence-corrected chi connectivity index (χ2v) is 8.49. The summed E-state index contributed by atoms with van der Waals surface area (Å²) in [6.45, 7) is 3.82. The van der Waals surface area contributed by atoms with Crippen LogP contribution in [0.25, 0.3) is 0 Å². The van der Waals surface area contributed by atoms with Crippen molar-refractivity contribution in [1.29, 1.82) is 0 Å². The van der Waals surface area contributed by atoms with Crippen LogP contribution in [0.4, 0.5) is 0 Å². The van der Waals surface area contributed by atoms with Gasteiger partial charge in [0.1, 0.15) is 0 Å². The Kier molecular flexibility index (Phi) is 23.8. The zero-order valence-corrected chi connectivity index (χ0v) is 19.7. The van der Waals surface area contributed by atoms with E-state index in [2.05, 4.69) is 12.2 Å². The van der Waals surface area contributed by atoms with Gasteiger partial charge in [-0.05, 0) is 25.9 Å². The minimum absolute atomic E-state index is 0. The third-order valence-corrected chi connectivity index (χ3v) is 5.24. The average molecular weight is 386 g/mol. The molecule has 0 atom stereocenters. The van der Waals surface area contributed by atoms with E-state index in [1.54, 1.807) is 0 Å². The molecule has 0 bridgehead atoms. The maximum Gasteiger partial charge on any atom is 1.00 e. The van der Waals surface area contributed by atoms with Crippen molar-refractivity contribution in [1.82, 2.24) is 5.32 Å². The van der Waals surface area contributed by atoms with E-state index in [-0.39, 0.29) is 35.3 Å². The summed E-state index contributed by atoms with van der Waals surface area (Å²) in [5.74, 6) is -0.251. The van der Waals surface area contributed by atoms with Gasteiger partial charge < -0.3 is 9.87 Å². The summed E-state index contributed by atoms with van der Waals surface area (Å²) in [6, 6.07) is 0. The molecule has 0 rings (SSSR count). The Morgan fingerprint density at radius 2 is 1.00 bits per heavy atom. The molecule has 0 aliphatic carbocycles. The van der Waals surface area contributed by atoms with E-state index in [0.717, 1.165) is 13.0 Å². The van der Waals surface area contributed by atoms with Gasteiger partial charge in [-0.1, -0.05) is 90.4 Å². The van der Waals surface area contributed by atoms with Crippen LogP contribution < -0.4 is 34.9 Å². The van der Waals surface area contributed by atoms with Crippen molar-refractivity contribution in [3.8, 4) is 0 Å². The van der Waals surface area contributed by atoms with Gasteiger partial charge in [0.05, 0.1) is 10.1 Å². The van der Waals surface area contributed by atoms with E-state index >= 15 is 0 Å². The maximum atomic E-state index is 10.4. The molecule has 0 aliphatic heterocycles. The van der Waals surface area contributed by atoms with Crippen LogP contribution in [0.5, 0.6) is 0 Å². The van der Waals surface area contributed by atoms with Crippen LogP contribution in [0.15, 0.2) is 0 Å². The fraction of sp³-hybridized carbons (Fsp3) is 1.00. The molecule has 1 N–H and O–H groups in total. The number of hydrogen-bond acceptors (Lipinski definition) is 4. The number of nitrogens with one attached hydrogen (secondary N) is 1. The summed E-state index contributed by atoms with van der Waals surface area (Å²) in [4.78, 5) is 0. The van der Waals surface area contributed by atoms with Crippen LogP contribution in [-0.2, 0) is 10.1 Å². The van der Waals surface area contributed by atoms with Gasteiger partial charge >= 0.3 is 29.6 Å². The molecule has 0 saturated heterocycles. The first-order valence-corrected chi connectivity index (χ1v) is 11.8. The molecule has 0 aromatic heterocycles. The average Bonchev–Trinajstić information content (AvgIpc) is 2.52. The molecular weight excluding hydrogens is 345 g/mol. The van der Waals surface area contributed by atoms with Gasteiger partial charge in [0.25, 0.3) is 0 Å². The van der Waals surface area contributed by atoms with Crippen LogP contribution in [0.2, 0.25) is 0 Å². The standard InChI is InChI=1S/C19H41NO3S.Na/c1-2-3-4-5-6-7-8-9-10-11-12-13-14-15-17-20-18-16-19-24(21,22)23;/h20H,2-19H2,1H3,(H,21,22,23);/q;+1/p-1. The zero-order chi connectivity index (χ0) is 17.9. The fourth-order valence-corrected chi connectivity index (χ4v) is 3.44. The monoisotopic (exact) mass is 385 g/mol. The molecule has 0 spiro atoms. The molecule has 0 aromatic carbocycles. The number of hydrogen-bond donors (Lipinski definition) is 1. The zero-order valence-electron chi connectivity index (χ0n) is 16.9. The summed E-state index contributed by atoms with van der Waals surface area (Å²) in [6.07, 6.45) is 19.4. The van der Waals surface area contributed by atoms with E-state index in [9.17, 15) is 13.0 Å². The maximum absolute atomic E-state index is 10.4. The van der Waals surface area contributed by atoms with Crippen molar-refractivity contribution in [2.45, 2.75) is 103 Å². The third-order valence-electron chi connectivity index (χ3n) is 4.45. The largest absolute Gasteiger partial charge is 1.00 e.